The molecule has 1 atom stereocenters. The molecule has 0 amide bonds. The maximum atomic E-state index is 6.43. The third-order valence-corrected chi connectivity index (χ3v) is 3.84. The van der Waals surface area contributed by atoms with Gasteiger partial charge < -0.3 is 10.5 Å². The summed E-state index contributed by atoms with van der Waals surface area (Å²) in [6.07, 6.45) is 8.22. The molecule has 0 spiro atoms. The number of nitrogens with two attached hydrogens (primary N) is 1. The molecule has 1 unspecified atom stereocenters. The number of aryl methyl sites for hydroxylation is 1. The first-order chi connectivity index (χ1) is 8.27. The zero-order valence-corrected chi connectivity index (χ0v) is 10.9. The summed E-state index contributed by atoms with van der Waals surface area (Å²) in [6.45, 7) is 2.93. The number of methoxy groups -OCH3 is 1. The van der Waals surface area contributed by atoms with Crippen LogP contribution in [0.4, 0.5) is 0 Å². The van der Waals surface area contributed by atoms with Gasteiger partial charge in [-0.25, -0.2) is 0 Å². The van der Waals surface area contributed by atoms with Crippen molar-refractivity contribution >= 4 is 0 Å². The highest BCUT2D eigenvalue weighted by Crippen LogP contribution is 2.36. The van der Waals surface area contributed by atoms with Crippen LogP contribution in [0, 0.1) is 5.92 Å². The Labute approximate surface area is 103 Å². The van der Waals surface area contributed by atoms with E-state index in [4.69, 9.17) is 10.5 Å². The molecule has 1 fully saturated rings. The highest BCUT2D eigenvalue weighted by molar-refractivity contribution is 5.28. The molecule has 2 rings (SSSR count). The molecular formula is C13H23N3O. The molecule has 0 saturated heterocycles. The van der Waals surface area contributed by atoms with Crippen molar-refractivity contribution in [2.45, 2.75) is 51.6 Å². The smallest absolute Gasteiger partial charge is 0.161 e. The molecule has 4 nitrogen and oxygen atoms in total. The van der Waals surface area contributed by atoms with Gasteiger partial charge in [-0.2, -0.15) is 5.10 Å². The SMILES string of the molecule is CCn1ncc(OC)c1C(N)C1CCCCC1. The van der Waals surface area contributed by atoms with Crippen molar-refractivity contribution in [3.05, 3.63) is 11.9 Å². The molecule has 0 aliphatic heterocycles. The average molecular weight is 237 g/mol. The summed E-state index contributed by atoms with van der Waals surface area (Å²) >= 11 is 0. The summed E-state index contributed by atoms with van der Waals surface area (Å²) < 4.78 is 7.35. The van der Waals surface area contributed by atoms with Gasteiger partial charge in [-0.15, -0.1) is 0 Å². The van der Waals surface area contributed by atoms with E-state index in [1.165, 1.54) is 32.1 Å². The molecule has 1 aromatic rings. The fourth-order valence-corrected chi connectivity index (χ4v) is 2.84. The molecule has 2 N–H and O–H groups in total. The van der Waals surface area contributed by atoms with Gasteiger partial charge in [0.1, 0.15) is 0 Å². The lowest BCUT2D eigenvalue weighted by Crippen LogP contribution is -2.26. The number of hydrogen-bond donors (Lipinski definition) is 1. The van der Waals surface area contributed by atoms with E-state index in [0.717, 1.165) is 18.0 Å². The fraction of sp³-hybridized carbons (Fsp3) is 0.769. The Bertz CT molecular complexity index is 334. The first kappa shape index (κ1) is 12.4. The second kappa shape index (κ2) is 5.54. The molecule has 96 valence electrons. The van der Waals surface area contributed by atoms with Crippen molar-refractivity contribution in [1.29, 1.82) is 0 Å². The first-order valence-electron chi connectivity index (χ1n) is 6.63. The third kappa shape index (κ3) is 2.46. The largest absolute Gasteiger partial charge is 0.493 e. The van der Waals surface area contributed by atoms with E-state index in [1.807, 2.05) is 4.68 Å². The molecule has 0 bridgehead atoms. The van der Waals surface area contributed by atoms with E-state index in [1.54, 1.807) is 13.3 Å². The molecular weight excluding hydrogens is 214 g/mol. The van der Waals surface area contributed by atoms with Crippen molar-refractivity contribution in [2.75, 3.05) is 7.11 Å². The summed E-state index contributed by atoms with van der Waals surface area (Å²) in [6, 6.07) is 0.0627. The van der Waals surface area contributed by atoms with Gasteiger partial charge in [0.2, 0.25) is 0 Å². The zero-order chi connectivity index (χ0) is 12.3. The van der Waals surface area contributed by atoms with Crippen molar-refractivity contribution in [3.63, 3.8) is 0 Å². The maximum Gasteiger partial charge on any atom is 0.161 e. The van der Waals surface area contributed by atoms with Crippen LogP contribution in [0.25, 0.3) is 0 Å². The standard InChI is InChI=1S/C13H23N3O/c1-3-16-13(11(17-2)9-15-16)12(14)10-7-5-4-6-8-10/h9-10,12H,3-8,14H2,1-2H3. The molecule has 1 aromatic heterocycles. The van der Waals surface area contributed by atoms with Gasteiger partial charge in [0.25, 0.3) is 0 Å². The van der Waals surface area contributed by atoms with Gasteiger partial charge in [-0.1, -0.05) is 19.3 Å². The van der Waals surface area contributed by atoms with Crippen LogP contribution < -0.4 is 10.5 Å². The molecule has 1 saturated carbocycles. The second-order valence-corrected chi connectivity index (χ2v) is 4.84. The van der Waals surface area contributed by atoms with Crippen LogP contribution in [0.5, 0.6) is 5.75 Å². The summed E-state index contributed by atoms with van der Waals surface area (Å²) in [5.41, 5.74) is 7.50. The molecule has 1 heterocycles. The molecule has 17 heavy (non-hydrogen) atoms. The Morgan fingerprint density at radius 2 is 2.18 bits per heavy atom. The van der Waals surface area contributed by atoms with E-state index in [9.17, 15) is 0 Å². The molecule has 0 radical (unpaired) electrons. The summed E-state index contributed by atoms with van der Waals surface area (Å²) in [5.74, 6) is 1.42. The van der Waals surface area contributed by atoms with Crippen molar-refractivity contribution < 1.29 is 4.74 Å². The van der Waals surface area contributed by atoms with Gasteiger partial charge in [-0.05, 0) is 25.7 Å². The van der Waals surface area contributed by atoms with Crippen LogP contribution in [-0.2, 0) is 6.54 Å². The van der Waals surface area contributed by atoms with Crippen LogP contribution in [0.1, 0.15) is 50.8 Å². The first-order valence-corrected chi connectivity index (χ1v) is 6.63. The number of ether oxygens (including phenoxy) is 1. The third-order valence-electron chi connectivity index (χ3n) is 3.84. The quantitative estimate of drug-likeness (QED) is 0.875. The van der Waals surface area contributed by atoms with Crippen LogP contribution in [0.15, 0.2) is 6.20 Å². The Balaban J connectivity index is 2.21. The molecule has 1 aliphatic carbocycles. The number of aromatic nitrogens is 2. The molecule has 0 aromatic carbocycles. The second-order valence-electron chi connectivity index (χ2n) is 4.84. The van der Waals surface area contributed by atoms with E-state index < -0.39 is 0 Å². The monoisotopic (exact) mass is 237 g/mol. The minimum atomic E-state index is 0.0627. The lowest BCUT2D eigenvalue weighted by atomic mass is 9.83. The van der Waals surface area contributed by atoms with Crippen molar-refractivity contribution in [2.24, 2.45) is 11.7 Å². The average Bonchev–Trinajstić information content (AvgIpc) is 2.81. The number of nitrogens with zero attached hydrogens (tertiary/aromatic N) is 2. The van der Waals surface area contributed by atoms with Gasteiger partial charge in [0.05, 0.1) is 25.0 Å². The Kier molecular flexibility index (Phi) is 4.05. The lowest BCUT2D eigenvalue weighted by Gasteiger charge is -2.28. The van der Waals surface area contributed by atoms with Crippen LogP contribution in [0.3, 0.4) is 0 Å². The minimum Gasteiger partial charge on any atom is -0.493 e. The van der Waals surface area contributed by atoms with Crippen molar-refractivity contribution in [1.82, 2.24) is 9.78 Å². The number of rotatable bonds is 4. The predicted octanol–water partition coefficient (Wildman–Crippen LogP) is 2.49. The highest BCUT2D eigenvalue weighted by atomic mass is 16.5. The van der Waals surface area contributed by atoms with Gasteiger partial charge in [0, 0.05) is 6.54 Å². The summed E-state index contributed by atoms with van der Waals surface area (Å²) in [5, 5.41) is 4.33. The highest BCUT2D eigenvalue weighted by Gasteiger charge is 2.27. The van der Waals surface area contributed by atoms with E-state index >= 15 is 0 Å². The predicted molar refractivity (Wildman–Crippen MR) is 68.0 cm³/mol. The van der Waals surface area contributed by atoms with Crippen LogP contribution >= 0.6 is 0 Å². The summed E-state index contributed by atoms with van der Waals surface area (Å²) in [4.78, 5) is 0. The Morgan fingerprint density at radius 3 is 2.76 bits per heavy atom. The van der Waals surface area contributed by atoms with Crippen LogP contribution in [0.2, 0.25) is 0 Å². The van der Waals surface area contributed by atoms with Crippen LogP contribution in [-0.4, -0.2) is 16.9 Å². The van der Waals surface area contributed by atoms with Crippen molar-refractivity contribution in [3.8, 4) is 5.75 Å². The van der Waals surface area contributed by atoms with Gasteiger partial charge >= 0.3 is 0 Å². The fourth-order valence-electron chi connectivity index (χ4n) is 2.84. The van der Waals surface area contributed by atoms with E-state index in [-0.39, 0.29) is 6.04 Å². The maximum absolute atomic E-state index is 6.43. The molecule has 1 aliphatic rings. The van der Waals surface area contributed by atoms with Gasteiger partial charge in [0.15, 0.2) is 5.75 Å². The summed E-state index contributed by atoms with van der Waals surface area (Å²) in [7, 11) is 1.69. The van der Waals surface area contributed by atoms with E-state index in [0.29, 0.717) is 5.92 Å². The Morgan fingerprint density at radius 1 is 1.47 bits per heavy atom. The normalized spacial score (nSPS) is 19.2. The molecule has 4 heteroatoms. The lowest BCUT2D eigenvalue weighted by molar-refractivity contribution is 0.291. The number of hydrogen-bond acceptors (Lipinski definition) is 3. The Hall–Kier alpha value is -1.03. The topological polar surface area (TPSA) is 53.1 Å². The zero-order valence-electron chi connectivity index (χ0n) is 10.9. The van der Waals surface area contributed by atoms with Gasteiger partial charge in [-0.3, -0.25) is 4.68 Å². The minimum absolute atomic E-state index is 0.0627. The van der Waals surface area contributed by atoms with E-state index in [2.05, 4.69) is 12.0 Å².